The third-order valence-corrected chi connectivity index (χ3v) is 2.41. The Morgan fingerprint density at radius 3 is 2.70 bits per heavy atom. The fourth-order valence-corrected chi connectivity index (χ4v) is 1.55. The Labute approximate surface area is 63.0 Å². The zero-order valence-corrected chi connectivity index (χ0v) is 6.77. The predicted octanol–water partition coefficient (Wildman–Crippen LogP) is 0.995. The Morgan fingerprint density at radius 2 is 2.00 bits per heavy atom. The monoisotopic (exact) mass is 142 g/mol. The van der Waals surface area contributed by atoms with Gasteiger partial charge in [-0.3, -0.25) is 0 Å². The van der Waals surface area contributed by atoms with Crippen molar-refractivity contribution in [1.82, 2.24) is 0 Å². The molecule has 1 rings (SSSR count). The molecule has 1 fully saturated rings. The van der Waals surface area contributed by atoms with E-state index in [1.165, 1.54) is 6.42 Å². The second-order valence-electron chi connectivity index (χ2n) is 3.85. The summed E-state index contributed by atoms with van der Waals surface area (Å²) in [7, 11) is 0. The fraction of sp³-hybridized carbons (Fsp3) is 1.00. The zero-order chi connectivity index (χ0) is 7.61. The van der Waals surface area contributed by atoms with Gasteiger partial charge in [0.2, 0.25) is 0 Å². The van der Waals surface area contributed by atoms with Crippen molar-refractivity contribution in [3.63, 3.8) is 0 Å². The molecule has 0 spiro atoms. The van der Waals surface area contributed by atoms with Crippen molar-refractivity contribution in [3.05, 3.63) is 0 Å². The number of nitrogens with two attached hydrogens (primary N) is 2. The summed E-state index contributed by atoms with van der Waals surface area (Å²) in [5, 5.41) is 0. The molecular formula is C8H18N2. The van der Waals surface area contributed by atoms with E-state index in [4.69, 9.17) is 11.5 Å². The van der Waals surface area contributed by atoms with Gasteiger partial charge in [-0.25, -0.2) is 0 Å². The van der Waals surface area contributed by atoms with Gasteiger partial charge in [0.1, 0.15) is 0 Å². The molecule has 0 aromatic rings. The summed E-state index contributed by atoms with van der Waals surface area (Å²) in [5.74, 6) is 0. The van der Waals surface area contributed by atoms with E-state index in [1.807, 2.05) is 0 Å². The van der Waals surface area contributed by atoms with Crippen LogP contribution in [-0.4, -0.2) is 11.6 Å². The van der Waals surface area contributed by atoms with E-state index in [1.54, 1.807) is 0 Å². The average Bonchev–Trinajstić information content (AvgIpc) is 1.94. The quantitative estimate of drug-likeness (QED) is 0.496. The topological polar surface area (TPSA) is 52.0 Å². The Balaban J connectivity index is 2.41. The Hall–Kier alpha value is -0.0800. The summed E-state index contributed by atoms with van der Waals surface area (Å²) in [5.41, 5.74) is 11.8. The van der Waals surface area contributed by atoms with Crippen molar-refractivity contribution >= 4 is 0 Å². The molecule has 0 aliphatic heterocycles. The minimum atomic E-state index is 0.0636. The molecule has 2 unspecified atom stereocenters. The van der Waals surface area contributed by atoms with Crippen LogP contribution < -0.4 is 11.5 Å². The van der Waals surface area contributed by atoms with Crippen LogP contribution in [0.2, 0.25) is 0 Å². The van der Waals surface area contributed by atoms with Crippen LogP contribution in [0.5, 0.6) is 0 Å². The first-order chi connectivity index (χ1) is 4.60. The maximum Gasteiger partial charge on any atom is 0.0126 e. The largest absolute Gasteiger partial charge is 0.328 e. The summed E-state index contributed by atoms with van der Waals surface area (Å²) in [6, 6.07) is 0.408. The van der Waals surface area contributed by atoms with Gasteiger partial charge in [0, 0.05) is 11.6 Å². The average molecular weight is 142 g/mol. The molecular weight excluding hydrogens is 124 g/mol. The van der Waals surface area contributed by atoms with Crippen LogP contribution in [0.25, 0.3) is 0 Å². The number of hydrogen-bond donors (Lipinski definition) is 2. The van der Waals surface area contributed by atoms with Crippen molar-refractivity contribution in [2.75, 3.05) is 0 Å². The molecule has 10 heavy (non-hydrogen) atoms. The van der Waals surface area contributed by atoms with Crippen LogP contribution in [0, 0.1) is 0 Å². The lowest BCUT2D eigenvalue weighted by Crippen LogP contribution is -2.35. The maximum atomic E-state index is 5.98. The molecule has 2 atom stereocenters. The Morgan fingerprint density at radius 1 is 1.30 bits per heavy atom. The van der Waals surface area contributed by atoms with Gasteiger partial charge in [0.05, 0.1) is 0 Å². The van der Waals surface area contributed by atoms with E-state index in [2.05, 4.69) is 6.92 Å². The zero-order valence-electron chi connectivity index (χ0n) is 6.77. The molecule has 0 amide bonds. The predicted molar refractivity (Wildman–Crippen MR) is 43.7 cm³/mol. The highest BCUT2D eigenvalue weighted by molar-refractivity contribution is 4.84. The van der Waals surface area contributed by atoms with Crippen LogP contribution in [-0.2, 0) is 0 Å². The van der Waals surface area contributed by atoms with Gasteiger partial charge in [-0.05, 0) is 32.6 Å². The highest BCUT2D eigenvalue weighted by atomic mass is 14.7. The molecule has 2 nitrogen and oxygen atoms in total. The van der Waals surface area contributed by atoms with Crippen LogP contribution >= 0.6 is 0 Å². The molecule has 2 heteroatoms. The van der Waals surface area contributed by atoms with Crippen molar-refractivity contribution in [2.45, 2.75) is 50.6 Å². The minimum Gasteiger partial charge on any atom is -0.328 e. The van der Waals surface area contributed by atoms with Gasteiger partial charge in [-0.1, -0.05) is 6.42 Å². The standard InChI is InChI=1S/C8H18N2/c1-8(10)5-2-3-7(9)4-6-8/h7H,2-6,9-10H2,1H3. The lowest BCUT2D eigenvalue weighted by molar-refractivity contribution is 0.407. The molecule has 1 aliphatic rings. The normalized spacial score (nSPS) is 42.9. The molecule has 0 bridgehead atoms. The van der Waals surface area contributed by atoms with E-state index in [9.17, 15) is 0 Å². The second-order valence-corrected chi connectivity index (χ2v) is 3.85. The molecule has 0 radical (unpaired) electrons. The van der Waals surface area contributed by atoms with Crippen LogP contribution in [0.4, 0.5) is 0 Å². The molecule has 0 heterocycles. The maximum absolute atomic E-state index is 5.98. The third-order valence-electron chi connectivity index (χ3n) is 2.41. The summed E-state index contributed by atoms with van der Waals surface area (Å²) in [6.45, 7) is 2.13. The van der Waals surface area contributed by atoms with Crippen molar-refractivity contribution in [2.24, 2.45) is 11.5 Å². The van der Waals surface area contributed by atoms with E-state index in [-0.39, 0.29) is 5.54 Å². The van der Waals surface area contributed by atoms with Gasteiger partial charge in [-0.2, -0.15) is 0 Å². The van der Waals surface area contributed by atoms with Crippen LogP contribution in [0.3, 0.4) is 0 Å². The first-order valence-corrected chi connectivity index (χ1v) is 4.15. The third kappa shape index (κ3) is 2.27. The fourth-order valence-electron chi connectivity index (χ4n) is 1.55. The highest BCUT2D eigenvalue weighted by Gasteiger charge is 2.22. The SMILES string of the molecule is CC1(N)CCCC(N)CC1. The van der Waals surface area contributed by atoms with Crippen molar-refractivity contribution in [3.8, 4) is 0 Å². The highest BCUT2D eigenvalue weighted by Crippen LogP contribution is 2.23. The Bertz CT molecular complexity index is 110. The van der Waals surface area contributed by atoms with E-state index in [0.29, 0.717) is 6.04 Å². The summed E-state index contributed by atoms with van der Waals surface area (Å²) in [4.78, 5) is 0. The summed E-state index contributed by atoms with van der Waals surface area (Å²) in [6.07, 6.45) is 5.70. The van der Waals surface area contributed by atoms with Gasteiger partial charge in [0.25, 0.3) is 0 Å². The van der Waals surface area contributed by atoms with E-state index in [0.717, 1.165) is 25.7 Å². The summed E-state index contributed by atoms with van der Waals surface area (Å²) >= 11 is 0. The minimum absolute atomic E-state index is 0.0636. The summed E-state index contributed by atoms with van der Waals surface area (Å²) < 4.78 is 0. The van der Waals surface area contributed by atoms with Crippen molar-refractivity contribution < 1.29 is 0 Å². The number of rotatable bonds is 0. The molecule has 4 N–H and O–H groups in total. The van der Waals surface area contributed by atoms with E-state index < -0.39 is 0 Å². The van der Waals surface area contributed by atoms with E-state index >= 15 is 0 Å². The molecule has 60 valence electrons. The van der Waals surface area contributed by atoms with Gasteiger partial charge >= 0.3 is 0 Å². The Kier molecular flexibility index (Phi) is 2.32. The smallest absolute Gasteiger partial charge is 0.0126 e. The van der Waals surface area contributed by atoms with Gasteiger partial charge in [-0.15, -0.1) is 0 Å². The van der Waals surface area contributed by atoms with Crippen LogP contribution in [0.1, 0.15) is 39.0 Å². The number of hydrogen-bond acceptors (Lipinski definition) is 2. The molecule has 0 aromatic carbocycles. The lowest BCUT2D eigenvalue weighted by atomic mass is 9.94. The lowest BCUT2D eigenvalue weighted by Gasteiger charge is -2.21. The van der Waals surface area contributed by atoms with Crippen molar-refractivity contribution in [1.29, 1.82) is 0 Å². The van der Waals surface area contributed by atoms with Gasteiger partial charge < -0.3 is 11.5 Å². The van der Waals surface area contributed by atoms with Gasteiger partial charge in [0.15, 0.2) is 0 Å². The molecule has 0 aromatic heterocycles. The second kappa shape index (κ2) is 2.89. The first-order valence-electron chi connectivity index (χ1n) is 4.15. The molecule has 0 saturated heterocycles. The molecule has 1 saturated carbocycles. The van der Waals surface area contributed by atoms with Crippen LogP contribution in [0.15, 0.2) is 0 Å². The first kappa shape index (κ1) is 8.02. The molecule has 1 aliphatic carbocycles.